The van der Waals surface area contributed by atoms with Crippen LogP contribution in [0, 0.1) is 0 Å². The van der Waals surface area contributed by atoms with Gasteiger partial charge in [0.1, 0.15) is 5.78 Å². The summed E-state index contributed by atoms with van der Waals surface area (Å²) in [5.74, 6) is -1.66. The molecule has 0 bridgehead atoms. The Morgan fingerprint density at radius 2 is 0.763 bits per heavy atom. The van der Waals surface area contributed by atoms with E-state index in [9.17, 15) is 48.1 Å². The van der Waals surface area contributed by atoms with Crippen molar-refractivity contribution in [3.8, 4) is 0 Å². The molecule has 114 heavy (non-hydrogen) atoms. The van der Waals surface area contributed by atoms with Gasteiger partial charge in [-0.1, -0.05) is 106 Å². The number of rotatable bonds is 48. The first-order valence-electron chi connectivity index (χ1n) is 37.8. The Hall–Kier alpha value is -5.01. The molecule has 3 aliphatic heterocycles. The highest BCUT2D eigenvalue weighted by atomic mass is 35.5. The first-order chi connectivity index (χ1) is 54.3. The van der Waals surface area contributed by atoms with Crippen LogP contribution >= 0.6 is 69.6 Å². The van der Waals surface area contributed by atoms with Gasteiger partial charge >= 0.3 is 0 Å². The van der Waals surface area contributed by atoms with Crippen molar-refractivity contribution in [2.45, 2.75) is 115 Å². The number of ketones is 1. The molecule has 6 aromatic rings. The lowest BCUT2D eigenvalue weighted by molar-refractivity contribution is -0.121. The standard InChI is InChI=1S/C79H102Cl6N8O17S4/c1-91-49-68(65-43-58(80)46-74(83)71(65)52-91)55-10-5-14-62(40-55)112(99,100)39-9-28-106-34-35-107-29-23-86-77(95)18-21-79(90-111(4,97)98,20-17-61(94)13-8-27-105-33-36-109-31-25-88-113(101,102)63-15-6-11-56(41-63)69-50-92(2)53-72-66(69)44-59(81)47-75(72)84)22-19-78(96)87-24-30-108-37-38-110-32-26-89-114(103,104)64-16-7-12-57(42-64)70-51-93(3)54-73-67(70)45-60(82)48-76(73)85/h5-7,10-12,14-16,40-48,68-70,88-90H,8-9,13,17-39,49-54H2,1-4H3,(H,86,95)(H,87,96)/t68-,69-,70-,79?/m0/s1. The number of fused-ring (bicyclic) bond motifs is 3. The summed E-state index contributed by atoms with van der Waals surface area (Å²) < 4.78 is 149. The third kappa shape index (κ3) is 28.6. The maximum atomic E-state index is 13.5. The van der Waals surface area contributed by atoms with Crippen molar-refractivity contribution in [1.29, 1.82) is 0 Å². The molecular weight excluding hydrogens is 1670 g/mol. The first-order valence-corrected chi connectivity index (χ1v) is 46.6. The fourth-order valence-electron chi connectivity index (χ4n) is 14.4. The second-order valence-corrected chi connectivity index (χ2v) is 38.9. The summed E-state index contributed by atoms with van der Waals surface area (Å²) >= 11 is 38.9. The fourth-order valence-corrected chi connectivity index (χ4v) is 20.7. The van der Waals surface area contributed by atoms with Crippen LogP contribution < -0.4 is 24.8 Å². The number of nitrogens with one attached hydrogen (secondary N) is 5. The Bertz CT molecular complexity index is 4310. The Labute approximate surface area is 700 Å². The Morgan fingerprint density at radius 3 is 1.15 bits per heavy atom. The van der Waals surface area contributed by atoms with Gasteiger partial charge in [0.25, 0.3) is 0 Å². The molecule has 5 N–H and O–H groups in total. The minimum atomic E-state index is -3.99. The van der Waals surface area contributed by atoms with Gasteiger partial charge in [-0.3, -0.25) is 14.4 Å². The number of amides is 2. The third-order valence-electron chi connectivity index (χ3n) is 20.0. The van der Waals surface area contributed by atoms with E-state index in [0.717, 1.165) is 56.3 Å². The summed E-state index contributed by atoms with van der Waals surface area (Å²) in [6, 6.07) is 31.3. The number of Topliss-reactive ketones (excluding diaryl/α,β-unsaturated/α-hetero) is 1. The van der Waals surface area contributed by atoms with Gasteiger partial charge < -0.3 is 53.8 Å². The lowest BCUT2D eigenvalue weighted by atomic mass is 9.83. The molecule has 2 amide bonds. The Kier molecular flexibility index (Phi) is 36.1. The number of halogens is 6. The normalized spacial score (nSPS) is 16.9. The number of hydrogen-bond donors (Lipinski definition) is 5. The average Bonchev–Trinajstić information content (AvgIpc) is 0.768. The maximum absolute atomic E-state index is 13.5. The average molecular weight is 1780 g/mol. The Morgan fingerprint density at radius 1 is 0.421 bits per heavy atom. The van der Waals surface area contributed by atoms with Crippen LogP contribution in [0.2, 0.25) is 30.1 Å². The molecular formula is C79H102Cl6N8O17S4. The number of likely N-dealkylation sites (N-methyl/N-ethyl adjacent to an activating group) is 3. The first kappa shape index (κ1) is 92.9. The smallest absolute Gasteiger partial charge is 0.240 e. The van der Waals surface area contributed by atoms with E-state index in [-0.39, 0.29) is 201 Å². The van der Waals surface area contributed by atoms with Crippen molar-refractivity contribution in [2.75, 3.05) is 158 Å². The predicted octanol–water partition coefficient (Wildman–Crippen LogP) is 10.8. The predicted molar refractivity (Wildman–Crippen MR) is 444 cm³/mol. The van der Waals surface area contributed by atoms with Crippen molar-refractivity contribution >= 4 is 127 Å². The Balaban J connectivity index is 0.685. The number of benzene rings is 6. The number of carbonyl (C=O) groups is 3. The van der Waals surface area contributed by atoms with Gasteiger partial charge in [0.2, 0.25) is 41.9 Å². The van der Waals surface area contributed by atoms with Crippen LogP contribution in [0.3, 0.4) is 0 Å². The third-order valence-corrected chi connectivity index (χ3v) is 27.1. The van der Waals surface area contributed by atoms with E-state index >= 15 is 0 Å². The highest BCUT2D eigenvalue weighted by Gasteiger charge is 2.36. The van der Waals surface area contributed by atoms with Crippen molar-refractivity contribution in [1.82, 2.24) is 39.5 Å². The van der Waals surface area contributed by atoms with Crippen molar-refractivity contribution < 1.29 is 76.5 Å². The second kappa shape index (κ2) is 44.3. The molecule has 0 aromatic heterocycles. The molecule has 0 saturated heterocycles. The van der Waals surface area contributed by atoms with E-state index in [4.69, 9.17) is 98.0 Å². The summed E-state index contributed by atoms with van der Waals surface area (Å²) in [5.41, 5.74) is 6.79. The molecule has 0 spiro atoms. The van der Waals surface area contributed by atoms with Gasteiger partial charge in [-0.2, -0.15) is 0 Å². The zero-order valence-corrected chi connectivity index (χ0v) is 72.2. The maximum Gasteiger partial charge on any atom is 0.240 e. The van der Waals surface area contributed by atoms with Gasteiger partial charge in [0, 0.05) is 158 Å². The number of sulfone groups is 1. The lowest BCUT2D eigenvalue weighted by Crippen LogP contribution is -2.49. The molecule has 4 atom stereocenters. The molecule has 3 aliphatic rings. The number of nitrogens with zero attached hydrogens (tertiary/aromatic N) is 3. The molecule has 1 unspecified atom stereocenters. The summed E-state index contributed by atoms with van der Waals surface area (Å²) in [7, 11) is -9.51. The van der Waals surface area contributed by atoms with Crippen LogP contribution in [0.4, 0.5) is 0 Å². The summed E-state index contributed by atoms with van der Waals surface area (Å²) in [5, 5.41) is 8.77. The number of sulfonamides is 3. The molecule has 626 valence electrons. The van der Waals surface area contributed by atoms with Crippen molar-refractivity contribution in [3.63, 3.8) is 0 Å². The molecule has 0 radical (unpaired) electrons. The number of carbonyl (C=O) groups excluding carboxylic acids is 3. The van der Waals surface area contributed by atoms with Crippen LogP contribution in [0.15, 0.2) is 124 Å². The highest BCUT2D eigenvalue weighted by Crippen LogP contribution is 2.43. The molecule has 3 heterocycles. The largest absolute Gasteiger partial charge is 0.379 e. The van der Waals surface area contributed by atoms with E-state index in [1.165, 1.54) is 12.1 Å². The lowest BCUT2D eigenvalue weighted by Gasteiger charge is -2.34. The number of ether oxygens (including phenoxy) is 6. The molecule has 0 saturated carbocycles. The molecule has 25 nitrogen and oxygen atoms in total. The van der Waals surface area contributed by atoms with Crippen molar-refractivity contribution in [3.05, 3.63) is 189 Å². The van der Waals surface area contributed by atoms with Crippen LogP contribution in [0.1, 0.15) is 126 Å². The molecule has 9 rings (SSSR count). The molecule has 6 aromatic carbocycles. The summed E-state index contributed by atoms with van der Waals surface area (Å²) in [4.78, 5) is 47.2. The van der Waals surface area contributed by atoms with Gasteiger partial charge in [0.15, 0.2) is 9.84 Å². The van der Waals surface area contributed by atoms with E-state index in [0.29, 0.717) is 75.8 Å². The van der Waals surface area contributed by atoms with Crippen LogP contribution in [0.25, 0.3) is 0 Å². The summed E-state index contributed by atoms with van der Waals surface area (Å²) in [6.45, 7) is 5.56. The van der Waals surface area contributed by atoms with Crippen molar-refractivity contribution in [2.24, 2.45) is 0 Å². The van der Waals surface area contributed by atoms with E-state index < -0.39 is 57.3 Å². The fraction of sp³-hybridized carbons (Fsp3) is 0.506. The minimum absolute atomic E-state index is 0.00192. The van der Waals surface area contributed by atoms with Gasteiger partial charge in [0.05, 0.1) is 92.8 Å². The van der Waals surface area contributed by atoms with E-state index in [1.54, 1.807) is 60.7 Å². The SMILES string of the molecule is CN1Cc2c(Cl)cc(Cl)cc2[C@H](c2cccc(S(=O)(=O)CCCOCCOCCNC(=O)CCC(CCC(=O)CCCOCCOCCNS(=O)(=O)c3cccc([C@@H]4CN(C)Cc5c(Cl)cc(Cl)cc54)c3)(CCC(=O)NCCOCCOCCNS(=O)(=O)c3cccc([C@@H]4CN(C)Cc5c(Cl)cc(Cl)cc54)c3)NS(C)(=O)=O)c2)C1. The molecule has 35 heteroatoms. The quantitative estimate of drug-likeness (QED) is 0.0222. The van der Waals surface area contributed by atoms with Gasteiger partial charge in [-0.05, 0) is 176 Å². The summed E-state index contributed by atoms with van der Waals surface area (Å²) in [6.07, 6.45) is 0.952. The van der Waals surface area contributed by atoms with Crippen LogP contribution in [0.5, 0.6) is 0 Å². The zero-order valence-electron chi connectivity index (χ0n) is 64.4. The number of hydrogen-bond acceptors (Lipinski definition) is 20. The molecule has 0 aliphatic carbocycles. The minimum Gasteiger partial charge on any atom is -0.379 e. The second-order valence-electron chi connectivity index (χ2n) is 29.0. The zero-order chi connectivity index (χ0) is 82.2. The van der Waals surface area contributed by atoms with E-state index in [2.05, 4.69) is 39.5 Å². The van der Waals surface area contributed by atoms with Crippen LogP contribution in [-0.4, -0.2) is 230 Å². The van der Waals surface area contributed by atoms with Gasteiger partial charge in [-0.25, -0.2) is 47.8 Å². The van der Waals surface area contributed by atoms with Crippen LogP contribution in [-0.2, 0) is 102 Å². The van der Waals surface area contributed by atoms with E-state index in [1.807, 2.05) is 57.5 Å². The highest BCUT2D eigenvalue weighted by molar-refractivity contribution is 7.91. The van der Waals surface area contributed by atoms with Gasteiger partial charge in [-0.15, -0.1) is 0 Å². The monoisotopic (exact) mass is 1770 g/mol. The topological polar surface area (TPSA) is 313 Å². The molecule has 0 fully saturated rings.